The number of carbonyl (C=O) groups is 1. The average molecular weight is 309 g/mol. The smallest absolute Gasteiger partial charge is 0.337 e. The molecule has 0 aliphatic carbocycles. The summed E-state index contributed by atoms with van der Waals surface area (Å²) in [5, 5.41) is 3.14. The highest BCUT2D eigenvalue weighted by Gasteiger charge is 2.08. The Balaban J connectivity index is 2.15. The summed E-state index contributed by atoms with van der Waals surface area (Å²) in [6.45, 7) is 0.398. The lowest BCUT2D eigenvalue weighted by Crippen LogP contribution is -2.06. The standard InChI is InChI=1S/C15H14ClFN2O2/c1-21-15(20)10-3-5-13(18)14(7-10)19-8-9-2-4-12(17)11(16)6-9/h2-7,19H,8,18H2,1H3. The number of nitrogens with two attached hydrogens (primary N) is 1. The summed E-state index contributed by atoms with van der Waals surface area (Å²) in [5.74, 6) is -0.907. The summed E-state index contributed by atoms with van der Waals surface area (Å²) in [5.41, 5.74) is 8.13. The summed E-state index contributed by atoms with van der Waals surface area (Å²) < 4.78 is 17.7. The molecule has 21 heavy (non-hydrogen) atoms. The maximum absolute atomic E-state index is 13.1. The number of hydrogen-bond acceptors (Lipinski definition) is 4. The van der Waals surface area contributed by atoms with Gasteiger partial charge in [0.15, 0.2) is 0 Å². The first-order valence-electron chi connectivity index (χ1n) is 6.17. The average Bonchev–Trinajstić information content (AvgIpc) is 2.49. The summed E-state index contributed by atoms with van der Waals surface area (Å²) in [6.07, 6.45) is 0. The number of carbonyl (C=O) groups excluding carboxylic acids is 1. The van der Waals surface area contributed by atoms with E-state index in [0.717, 1.165) is 5.56 Å². The molecule has 2 aromatic rings. The Morgan fingerprint density at radius 1 is 1.33 bits per heavy atom. The number of ether oxygens (including phenoxy) is 1. The predicted octanol–water partition coefficient (Wildman–Crippen LogP) is 3.46. The third-order valence-electron chi connectivity index (χ3n) is 2.94. The molecule has 0 aliphatic rings. The minimum atomic E-state index is -0.465. The Hall–Kier alpha value is -2.27. The molecule has 0 unspecified atom stereocenters. The van der Waals surface area contributed by atoms with Gasteiger partial charge in [0.2, 0.25) is 0 Å². The molecular formula is C15H14ClFN2O2. The predicted molar refractivity (Wildman–Crippen MR) is 80.9 cm³/mol. The Bertz CT molecular complexity index is 677. The van der Waals surface area contributed by atoms with E-state index in [0.29, 0.717) is 23.5 Å². The largest absolute Gasteiger partial charge is 0.465 e. The van der Waals surface area contributed by atoms with Gasteiger partial charge in [0.1, 0.15) is 5.82 Å². The minimum Gasteiger partial charge on any atom is -0.465 e. The van der Waals surface area contributed by atoms with Gasteiger partial charge in [0.05, 0.1) is 29.1 Å². The zero-order valence-electron chi connectivity index (χ0n) is 11.3. The molecule has 0 bridgehead atoms. The number of nitrogens with one attached hydrogen (secondary N) is 1. The van der Waals surface area contributed by atoms with Crippen LogP contribution in [0, 0.1) is 5.82 Å². The second-order valence-corrected chi connectivity index (χ2v) is 4.80. The molecule has 0 saturated carbocycles. The quantitative estimate of drug-likeness (QED) is 0.670. The van der Waals surface area contributed by atoms with Crippen LogP contribution in [0.5, 0.6) is 0 Å². The van der Waals surface area contributed by atoms with Crippen LogP contribution in [-0.4, -0.2) is 13.1 Å². The highest BCUT2D eigenvalue weighted by atomic mass is 35.5. The van der Waals surface area contributed by atoms with E-state index in [9.17, 15) is 9.18 Å². The Kier molecular flexibility index (Phi) is 4.65. The maximum atomic E-state index is 13.1. The first-order valence-corrected chi connectivity index (χ1v) is 6.54. The van der Waals surface area contributed by atoms with Gasteiger partial charge in [-0.25, -0.2) is 9.18 Å². The number of methoxy groups -OCH3 is 1. The van der Waals surface area contributed by atoms with Crippen molar-refractivity contribution in [3.63, 3.8) is 0 Å². The van der Waals surface area contributed by atoms with E-state index < -0.39 is 11.8 Å². The minimum absolute atomic E-state index is 0.0607. The Morgan fingerprint density at radius 2 is 2.10 bits per heavy atom. The molecule has 110 valence electrons. The van der Waals surface area contributed by atoms with Crippen LogP contribution in [0.4, 0.5) is 15.8 Å². The van der Waals surface area contributed by atoms with Gasteiger partial charge in [-0.2, -0.15) is 0 Å². The van der Waals surface area contributed by atoms with Crippen molar-refractivity contribution in [3.05, 3.63) is 58.4 Å². The molecule has 0 radical (unpaired) electrons. The van der Waals surface area contributed by atoms with Crippen molar-refractivity contribution in [1.82, 2.24) is 0 Å². The molecule has 0 fully saturated rings. The molecule has 4 nitrogen and oxygen atoms in total. The second kappa shape index (κ2) is 6.45. The molecule has 0 atom stereocenters. The zero-order valence-corrected chi connectivity index (χ0v) is 12.1. The van der Waals surface area contributed by atoms with E-state index in [1.165, 1.54) is 19.2 Å². The SMILES string of the molecule is COC(=O)c1ccc(N)c(NCc2ccc(F)c(Cl)c2)c1. The van der Waals surface area contributed by atoms with E-state index in [1.54, 1.807) is 24.3 Å². The highest BCUT2D eigenvalue weighted by Crippen LogP contribution is 2.22. The van der Waals surface area contributed by atoms with Gasteiger partial charge in [-0.3, -0.25) is 0 Å². The van der Waals surface area contributed by atoms with Crippen LogP contribution >= 0.6 is 11.6 Å². The fourth-order valence-corrected chi connectivity index (χ4v) is 2.00. The van der Waals surface area contributed by atoms with Crippen LogP contribution in [-0.2, 0) is 11.3 Å². The van der Waals surface area contributed by atoms with Gasteiger partial charge in [0, 0.05) is 6.54 Å². The lowest BCUT2D eigenvalue weighted by molar-refractivity contribution is 0.0601. The maximum Gasteiger partial charge on any atom is 0.337 e. The van der Waals surface area contributed by atoms with E-state index in [1.807, 2.05) is 0 Å². The fourth-order valence-electron chi connectivity index (χ4n) is 1.80. The third kappa shape index (κ3) is 3.64. The molecule has 6 heteroatoms. The molecule has 3 N–H and O–H groups in total. The van der Waals surface area contributed by atoms with Gasteiger partial charge in [-0.15, -0.1) is 0 Å². The van der Waals surface area contributed by atoms with Crippen molar-refractivity contribution in [3.8, 4) is 0 Å². The molecule has 0 aliphatic heterocycles. The molecular weight excluding hydrogens is 295 g/mol. The number of rotatable bonds is 4. The van der Waals surface area contributed by atoms with Gasteiger partial charge in [0.25, 0.3) is 0 Å². The molecule has 0 heterocycles. The molecule has 0 aromatic heterocycles. The summed E-state index contributed by atoms with van der Waals surface area (Å²) in [4.78, 5) is 11.5. The molecule has 0 spiro atoms. The van der Waals surface area contributed by atoms with Gasteiger partial charge in [-0.05, 0) is 35.9 Å². The number of benzene rings is 2. The van der Waals surface area contributed by atoms with Crippen LogP contribution < -0.4 is 11.1 Å². The lowest BCUT2D eigenvalue weighted by atomic mass is 10.1. The van der Waals surface area contributed by atoms with Gasteiger partial charge >= 0.3 is 5.97 Å². The van der Waals surface area contributed by atoms with Crippen molar-refractivity contribution in [1.29, 1.82) is 0 Å². The first kappa shape index (κ1) is 15.1. The van der Waals surface area contributed by atoms with Crippen LogP contribution in [0.1, 0.15) is 15.9 Å². The normalized spacial score (nSPS) is 10.2. The van der Waals surface area contributed by atoms with E-state index in [2.05, 4.69) is 10.1 Å². The van der Waals surface area contributed by atoms with Crippen molar-refractivity contribution >= 4 is 28.9 Å². The van der Waals surface area contributed by atoms with Gasteiger partial charge in [-0.1, -0.05) is 17.7 Å². The van der Waals surface area contributed by atoms with Gasteiger partial charge < -0.3 is 15.8 Å². The highest BCUT2D eigenvalue weighted by molar-refractivity contribution is 6.30. The number of esters is 1. The van der Waals surface area contributed by atoms with Crippen molar-refractivity contribution in [2.24, 2.45) is 0 Å². The first-order chi connectivity index (χ1) is 10.0. The van der Waals surface area contributed by atoms with Crippen molar-refractivity contribution < 1.29 is 13.9 Å². The second-order valence-electron chi connectivity index (χ2n) is 4.40. The Labute approximate surface area is 126 Å². The zero-order chi connectivity index (χ0) is 15.4. The number of halogens is 2. The molecule has 2 aromatic carbocycles. The Morgan fingerprint density at radius 3 is 2.76 bits per heavy atom. The van der Waals surface area contributed by atoms with Crippen LogP contribution in [0.25, 0.3) is 0 Å². The monoisotopic (exact) mass is 308 g/mol. The summed E-state index contributed by atoms with van der Waals surface area (Å²) >= 11 is 5.72. The van der Waals surface area contributed by atoms with Crippen molar-refractivity contribution in [2.45, 2.75) is 6.54 Å². The van der Waals surface area contributed by atoms with Crippen molar-refractivity contribution in [2.75, 3.05) is 18.2 Å². The topological polar surface area (TPSA) is 64.3 Å². The number of anilines is 2. The summed E-state index contributed by atoms with van der Waals surface area (Å²) in [6, 6.07) is 9.26. The van der Waals surface area contributed by atoms with Crippen LogP contribution in [0.15, 0.2) is 36.4 Å². The molecule has 0 saturated heterocycles. The lowest BCUT2D eigenvalue weighted by Gasteiger charge is -2.11. The van der Waals surface area contributed by atoms with E-state index in [4.69, 9.17) is 17.3 Å². The third-order valence-corrected chi connectivity index (χ3v) is 3.23. The number of hydrogen-bond donors (Lipinski definition) is 2. The number of nitrogen functional groups attached to an aromatic ring is 1. The van der Waals surface area contributed by atoms with Crippen LogP contribution in [0.2, 0.25) is 5.02 Å². The fraction of sp³-hybridized carbons (Fsp3) is 0.133. The summed E-state index contributed by atoms with van der Waals surface area (Å²) in [7, 11) is 1.31. The molecule has 2 rings (SSSR count). The van der Waals surface area contributed by atoms with Crippen LogP contribution in [0.3, 0.4) is 0 Å². The molecule has 0 amide bonds. The van der Waals surface area contributed by atoms with E-state index >= 15 is 0 Å². The van der Waals surface area contributed by atoms with E-state index in [-0.39, 0.29) is 5.02 Å².